The Balaban J connectivity index is 1.81. The van der Waals surface area contributed by atoms with Crippen LogP contribution in [0.25, 0.3) is 0 Å². The Bertz CT molecular complexity index is 195. The van der Waals surface area contributed by atoms with Crippen molar-refractivity contribution in [1.82, 2.24) is 5.32 Å². The number of hydrogen-bond acceptors (Lipinski definition) is 3. The zero-order valence-corrected chi connectivity index (χ0v) is 12.5. The molecule has 1 unspecified atom stereocenters. The molecule has 108 valence electrons. The lowest BCUT2D eigenvalue weighted by molar-refractivity contribution is -0.0411. The molecule has 0 aliphatic carbocycles. The zero-order valence-electron chi connectivity index (χ0n) is 12.5. The van der Waals surface area contributed by atoms with Crippen LogP contribution in [0.4, 0.5) is 0 Å². The van der Waals surface area contributed by atoms with Crippen molar-refractivity contribution < 1.29 is 9.47 Å². The van der Waals surface area contributed by atoms with Crippen molar-refractivity contribution in [1.29, 1.82) is 0 Å². The number of unbranched alkanes of at least 4 members (excludes halogenated alkanes) is 2. The topological polar surface area (TPSA) is 30.5 Å². The van der Waals surface area contributed by atoms with Gasteiger partial charge < -0.3 is 14.8 Å². The van der Waals surface area contributed by atoms with Gasteiger partial charge in [0.05, 0.1) is 12.7 Å². The maximum atomic E-state index is 5.68. The minimum Gasteiger partial charge on any atom is -0.379 e. The average Bonchev–Trinajstić information content (AvgIpc) is 2.32. The van der Waals surface area contributed by atoms with Crippen molar-refractivity contribution >= 4 is 0 Å². The maximum absolute atomic E-state index is 5.68. The molecule has 0 saturated carbocycles. The second kappa shape index (κ2) is 8.89. The van der Waals surface area contributed by atoms with E-state index in [1.165, 1.54) is 38.5 Å². The summed E-state index contributed by atoms with van der Waals surface area (Å²) in [5.41, 5.74) is 0.245. The SMILES string of the molecule is CC(C)(C)NCCCCCOCC1CCCCO1. The molecular formula is C15H31NO2. The first-order chi connectivity index (χ1) is 8.58. The maximum Gasteiger partial charge on any atom is 0.0808 e. The first-order valence-corrected chi connectivity index (χ1v) is 7.52. The highest BCUT2D eigenvalue weighted by atomic mass is 16.5. The van der Waals surface area contributed by atoms with E-state index in [4.69, 9.17) is 9.47 Å². The van der Waals surface area contributed by atoms with Crippen LogP contribution in [0.2, 0.25) is 0 Å². The summed E-state index contributed by atoms with van der Waals surface area (Å²) < 4.78 is 11.3. The molecule has 0 radical (unpaired) electrons. The van der Waals surface area contributed by atoms with Gasteiger partial charge in [-0.15, -0.1) is 0 Å². The molecule has 1 N–H and O–H groups in total. The van der Waals surface area contributed by atoms with Gasteiger partial charge in [0, 0.05) is 18.8 Å². The largest absolute Gasteiger partial charge is 0.379 e. The molecule has 1 fully saturated rings. The van der Waals surface area contributed by atoms with Gasteiger partial charge >= 0.3 is 0 Å². The van der Waals surface area contributed by atoms with Crippen LogP contribution in [0.3, 0.4) is 0 Å². The highest BCUT2D eigenvalue weighted by molar-refractivity contribution is 4.69. The zero-order chi connectivity index (χ0) is 13.3. The fourth-order valence-electron chi connectivity index (χ4n) is 2.12. The number of hydrogen-bond donors (Lipinski definition) is 1. The van der Waals surface area contributed by atoms with Crippen LogP contribution in [0, 0.1) is 0 Å². The standard InChI is InChI=1S/C15H31NO2/c1-15(2,3)16-10-6-4-7-11-17-13-14-9-5-8-12-18-14/h14,16H,4-13H2,1-3H3. The van der Waals surface area contributed by atoms with Gasteiger partial charge in [0.15, 0.2) is 0 Å². The molecule has 18 heavy (non-hydrogen) atoms. The summed E-state index contributed by atoms with van der Waals surface area (Å²) in [6.45, 7) is 10.3. The predicted octanol–water partition coefficient (Wildman–Crippen LogP) is 3.13. The van der Waals surface area contributed by atoms with Gasteiger partial charge in [-0.2, -0.15) is 0 Å². The molecule has 3 heteroatoms. The van der Waals surface area contributed by atoms with E-state index in [2.05, 4.69) is 26.1 Å². The van der Waals surface area contributed by atoms with Crippen molar-refractivity contribution in [2.24, 2.45) is 0 Å². The molecule has 0 aromatic rings. The number of nitrogens with one attached hydrogen (secondary N) is 1. The van der Waals surface area contributed by atoms with Gasteiger partial charge in [0.2, 0.25) is 0 Å². The van der Waals surface area contributed by atoms with E-state index in [1.807, 2.05) is 0 Å². The summed E-state index contributed by atoms with van der Waals surface area (Å²) >= 11 is 0. The van der Waals surface area contributed by atoms with Crippen molar-refractivity contribution in [3.05, 3.63) is 0 Å². The molecule has 0 bridgehead atoms. The van der Waals surface area contributed by atoms with E-state index in [9.17, 15) is 0 Å². The first-order valence-electron chi connectivity index (χ1n) is 7.52. The monoisotopic (exact) mass is 257 g/mol. The predicted molar refractivity (Wildman–Crippen MR) is 76.0 cm³/mol. The van der Waals surface area contributed by atoms with Crippen LogP contribution >= 0.6 is 0 Å². The van der Waals surface area contributed by atoms with Crippen LogP contribution in [-0.2, 0) is 9.47 Å². The van der Waals surface area contributed by atoms with Crippen molar-refractivity contribution in [3.63, 3.8) is 0 Å². The van der Waals surface area contributed by atoms with Gasteiger partial charge in [0.1, 0.15) is 0 Å². The molecule has 0 spiro atoms. The van der Waals surface area contributed by atoms with E-state index in [1.54, 1.807) is 0 Å². The first kappa shape index (κ1) is 15.9. The lowest BCUT2D eigenvalue weighted by atomic mass is 10.1. The van der Waals surface area contributed by atoms with Crippen molar-refractivity contribution in [2.75, 3.05) is 26.4 Å². The van der Waals surface area contributed by atoms with E-state index in [0.717, 1.165) is 26.4 Å². The average molecular weight is 257 g/mol. The molecule has 1 saturated heterocycles. The van der Waals surface area contributed by atoms with Crippen molar-refractivity contribution in [3.8, 4) is 0 Å². The summed E-state index contributed by atoms with van der Waals surface area (Å²) in [7, 11) is 0. The Hall–Kier alpha value is -0.120. The fourth-order valence-corrected chi connectivity index (χ4v) is 2.12. The summed E-state index contributed by atoms with van der Waals surface area (Å²) in [6, 6.07) is 0. The fraction of sp³-hybridized carbons (Fsp3) is 1.00. The van der Waals surface area contributed by atoms with Gasteiger partial charge in [-0.05, 0) is 65.8 Å². The second-order valence-electron chi connectivity index (χ2n) is 6.30. The minimum atomic E-state index is 0.245. The van der Waals surface area contributed by atoms with Crippen LogP contribution in [0.15, 0.2) is 0 Å². The lowest BCUT2D eigenvalue weighted by Gasteiger charge is -2.22. The molecular weight excluding hydrogens is 226 g/mol. The molecule has 1 aliphatic rings. The summed E-state index contributed by atoms with van der Waals surface area (Å²) in [5.74, 6) is 0. The molecule has 1 heterocycles. The summed E-state index contributed by atoms with van der Waals surface area (Å²) in [4.78, 5) is 0. The molecule has 0 aromatic carbocycles. The third kappa shape index (κ3) is 8.90. The van der Waals surface area contributed by atoms with Gasteiger partial charge in [-0.25, -0.2) is 0 Å². The quantitative estimate of drug-likeness (QED) is 0.678. The Labute approximate surface area is 113 Å². The van der Waals surface area contributed by atoms with Crippen LogP contribution in [-0.4, -0.2) is 38.0 Å². The molecule has 3 nitrogen and oxygen atoms in total. The van der Waals surface area contributed by atoms with E-state index < -0.39 is 0 Å². The van der Waals surface area contributed by atoms with Crippen LogP contribution < -0.4 is 5.32 Å². The van der Waals surface area contributed by atoms with Crippen LogP contribution in [0.5, 0.6) is 0 Å². The molecule has 1 rings (SSSR count). The smallest absolute Gasteiger partial charge is 0.0808 e. The van der Waals surface area contributed by atoms with E-state index in [0.29, 0.717) is 6.10 Å². The van der Waals surface area contributed by atoms with Gasteiger partial charge in [-0.3, -0.25) is 0 Å². The van der Waals surface area contributed by atoms with E-state index >= 15 is 0 Å². The van der Waals surface area contributed by atoms with E-state index in [-0.39, 0.29) is 5.54 Å². The molecule has 0 amide bonds. The van der Waals surface area contributed by atoms with Gasteiger partial charge in [-0.1, -0.05) is 0 Å². The van der Waals surface area contributed by atoms with Crippen molar-refractivity contribution in [2.45, 2.75) is 70.9 Å². The Morgan fingerprint density at radius 2 is 2.00 bits per heavy atom. The highest BCUT2D eigenvalue weighted by Gasteiger charge is 2.13. The Morgan fingerprint density at radius 3 is 2.67 bits per heavy atom. The highest BCUT2D eigenvalue weighted by Crippen LogP contribution is 2.12. The lowest BCUT2D eigenvalue weighted by Crippen LogP contribution is -2.36. The third-order valence-electron chi connectivity index (χ3n) is 3.20. The Kier molecular flexibility index (Phi) is 7.87. The number of rotatable bonds is 8. The molecule has 0 aromatic heterocycles. The molecule has 1 atom stereocenters. The van der Waals surface area contributed by atoms with Gasteiger partial charge in [0.25, 0.3) is 0 Å². The summed E-state index contributed by atoms with van der Waals surface area (Å²) in [5, 5.41) is 3.50. The molecule has 1 aliphatic heterocycles. The Morgan fingerprint density at radius 1 is 1.17 bits per heavy atom. The summed E-state index contributed by atoms with van der Waals surface area (Å²) in [6.07, 6.45) is 7.70. The third-order valence-corrected chi connectivity index (χ3v) is 3.20. The number of ether oxygens (including phenoxy) is 2. The van der Waals surface area contributed by atoms with Crippen LogP contribution in [0.1, 0.15) is 59.3 Å². The minimum absolute atomic E-state index is 0.245. The normalized spacial score (nSPS) is 21.2. The second-order valence-corrected chi connectivity index (χ2v) is 6.30.